The number of hydrogen-bond acceptors (Lipinski definition) is 9. The molecule has 0 spiro atoms. The number of carbonyl (C=O) groups excluding carboxylic acids is 2. The first kappa shape index (κ1) is 42.2. The smallest absolute Gasteiger partial charge is 0.350 e. The van der Waals surface area contributed by atoms with Gasteiger partial charge in [-0.25, -0.2) is 19.6 Å². The largest absolute Gasteiger partial charge is 0.471 e. The molecule has 2 aromatic heterocycles. The number of carbonyl (C=O) groups is 2. The fourth-order valence-corrected chi connectivity index (χ4v) is 9.96. The zero-order valence-corrected chi connectivity index (χ0v) is 34.2. The number of amides is 2. The number of nitrogens with one attached hydrogen (secondary N) is 2. The number of aromatic nitrogens is 4. The summed E-state index contributed by atoms with van der Waals surface area (Å²) in [5, 5.41) is 4.85. The average molecular weight is 873 g/mol. The summed E-state index contributed by atoms with van der Waals surface area (Å²) >= 11 is 6.65. The summed E-state index contributed by atoms with van der Waals surface area (Å²) in [5.41, 5.74) is 3.17. The molecule has 0 bridgehead atoms. The summed E-state index contributed by atoms with van der Waals surface area (Å²) in [5.74, 6) is -2.18. The van der Waals surface area contributed by atoms with Gasteiger partial charge >= 0.3 is 19.0 Å². The minimum atomic E-state index is -5.01. The number of halogens is 4. The van der Waals surface area contributed by atoms with E-state index in [1.165, 1.54) is 11.0 Å². The highest BCUT2D eigenvalue weighted by molar-refractivity contribution is 7.83. The Morgan fingerprint density at radius 1 is 0.803 bits per heavy atom. The lowest BCUT2D eigenvalue weighted by atomic mass is 9.75. The van der Waals surface area contributed by atoms with E-state index in [9.17, 15) is 27.3 Å². The van der Waals surface area contributed by atoms with Crippen LogP contribution in [0.2, 0.25) is 0 Å². The molecule has 13 nitrogen and oxygen atoms in total. The molecule has 0 aliphatic carbocycles. The zero-order chi connectivity index (χ0) is 42.6. The highest BCUT2D eigenvalue weighted by atomic mass is 35.7. The molecule has 2 aliphatic heterocycles. The van der Waals surface area contributed by atoms with Gasteiger partial charge in [-0.15, -0.1) is 0 Å². The van der Waals surface area contributed by atoms with Crippen LogP contribution >= 0.6 is 18.1 Å². The van der Waals surface area contributed by atoms with E-state index in [2.05, 4.69) is 61.6 Å². The van der Waals surface area contributed by atoms with Gasteiger partial charge in [-0.3, -0.25) is 23.6 Å². The molecule has 8 rings (SSSR count). The molecule has 2 fully saturated rings. The van der Waals surface area contributed by atoms with Crippen molar-refractivity contribution in [1.82, 2.24) is 34.4 Å². The molecule has 0 saturated carbocycles. The lowest BCUT2D eigenvalue weighted by Gasteiger charge is -2.50. The van der Waals surface area contributed by atoms with Crippen LogP contribution in [0.5, 0.6) is 0 Å². The van der Waals surface area contributed by atoms with Crippen LogP contribution in [-0.2, 0) is 24.2 Å². The van der Waals surface area contributed by atoms with Crippen LogP contribution < -0.4 is 10.6 Å². The number of piperidine rings is 1. The van der Waals surface area contributed by atoms with Crippen molar-refractivity contribution in [2.24, 2.45) is 0 Å². The quantitative estimate of drug-likeness (QED) is 0.0925. The van der Waals surface area contributed by atoms with Crippen molar-refractivity contribution in [3.05, 3.63) is 156 Å². The molecule has 1 unspecified atom stereocenters. The van der Waals surface area contributed by atoms with Crippen molar-refractivity contribution in [1.29, 1.82) is 0 Å². The summed E-state index contributed by atoms with van der Waals surface area (Å²) in [6.45, 7) is -3.65. The number of anilines is 1. The predicted octanol–water partition coefficient (Wildman–Crippen LogP) is 7.78. The molecule has 2 N–H and O–H groups in total. The molecule has 2 amide bonds. The van der Waals surface area contributed by atoms with Crippen LogP contribution in [0.3, 0.4) is 0 Å². The summed E-state index contributed by atoms with van der Waals surface area (Å²) in [6.07, 6.45) is -3.45. The molecule has 4 heterocycles. The van der Waals surface area contributed by atoms with Gasteiger partial charge < -0.3 is 19.9 Å². The number of nitrogens with zero attached hydrogens (tertiary/aromatic N) is 6. The molecule has 4 aromatic carbocycles. The molecule has 6 aromatic rings. The minimum absolute atomic E-state index is 0.0346. The topological polar surface area (TPSA) is 144 Å². The van der Waals surface area contributed by atoms with E-state index in [1.807, 2.05) is 66.0 Å². The van der Waals surface area contributed by atoms with Crippen LogP contribution in [-0.4, -0.2) is 92.0 Å². The third kappa shape index (κ3) is 8.96. The van der Waals surface area contributed by atoms with Gasteiger partial charge in [0.25, 0.3) is 5.91 Å². The van der Waals surface area contributed by atoms with Crippen LogP contribution in [0.15, 0.2) is 134 Å². The van der Waals surface area contributed by atoms with Gasteiger partial charge in [0.05, 0.1) is 24.6 Å². The standard InChI is InChI=1S/C43H41ClF3N8O5P/c44-61(58,54-23-21-34(22-24-54)51-41(57)43(45,46)47)59-27-35-25-53(42(31-15-7-2-8-16-31,32-17-9-3-10-18-32)33-19-11-4-12-20-33)26-36(60-35)55-29-50-37-38(48-28-49-39(37)55)52-40(56)30-13-5-1-6-14-30/h1-20,28-29,34-36H,21-27H2,(H,51,57)(H,48,49,52,56)/t35-,36+,61?/m0/s1. The van der Waals surface area contributed by atoms with Crippen molar-refractivity contribution in [2.45, 2.75) is 42.9 Å². The number of fused-ring (bicyclic) bond motifs is 1. The molecule has 2 saturated heterocycles. The van der Waals surface area contributed by atoms with Gasteiger partial charge in [-0.1, -0.05) is 109 Å². The number of alkyl halides is 3. The summed E-state index contributed by atoms with van der Waals surface area (Å²) in [6, 6.07) is 38.2. The summed E-state index contributed by atoms with van der Waals surface area (Å²) in [7, 11) is 0. The Kier molecular flexibility index (Phi) is 12.4. The van der Waals surface area contributed by atoms with Crippen LogP contribution in [0.1, 0.15) is 46.1 Å². The lowest BCUT2D eigenvalue weighted by Crippen LogP contribution is -2.57. The molecular formula is C43H41ClF3N8O5P. The molecule has 2 aliphatic rings. The van der Waals surface area contributed by atoms with E-state index < -0.39 is 42.9 Å². The number of imidazole rings is 1. The van der Waals surface area contributed by atoms with Gasteiger partial charge in [-0.05, 0) is 52.9 Å². The summed E-state index contributed by atoms with van der Waals surface area (Å²) < 4.78 is 68.7. The third-order valence-corrected chi connectivity index (χ3v) is 13.4. The highest BCUT2D eigenvalue weighted by Gasteiger charge is 2.47. The maximum atomic E-state index is 14.0. The second kappa shape index (κ2) is 17.9. The van der Waals surface area contributed by atoms with Gasteiger partial charge in [0.1, 0.15) is 12.6 Å². The molecule has 3 atom stereocenters. The summed E-state index contributed by atoms with van der Waals surface area (Å²) in [4.78, 5) is 40.6. The Morgan fingerprint density at radius 2 is 1.36 bits per heavy atom. The Morgan fingerprint density at radius 3 is 1.92 bits per heavy atom. The first-order valence-electron chi connectivity index (χ1n) is 19.6. The van der Waals surface area contributed by atoms with E-state index in [0.717, 1.165) is 16.7 Å². The normalized spacial score (nSPS) is 19.3. The van der Waals surface area contributed by atoms with Gasteiger partial charge in [0.15, 0.2) is 17.0 Å². The minimum Gasteiger partial charge on any atom is -0.350 e. The van der Waals surface area contributed by atoms with Gasteiger partial charge in [-0.2, -0.15) is 13.2 Å². The Hall–Kier alpha value is -5.48. The van der Waals surface area contributed by atoms with E-state index >= 15 is 0 Å². The van der Waals surface area contributed by atoms with Crippen molar-refractivity contribution in [3.63, 3.8) is 0 Å². The molecule has 18 heteroatoms. The van der Waals surface area contributed by atoms with Crippen molar-refractivity contribution in [3.8, 4) is 0 Å². The second-order valence-electron chi connectivity index (χ2n) is 14.7. The first-order valence-corrected chi connectivity index (χ1v) is 22.1. The maximum Gasteiger partial charge on any atom is 0.471 e. The first-order chi connectivity index (χ1) is 29.4. The molecular weight excluding hydrogens is 832 g/mol. The van der Waals surface area contributed by atoms with E-state index in [4.69, 9.17) is 20.5 Å². The van der Waals surface area contributed by atoms with Crippen LogP contribution in [0.4, 0.5) is 19.0 Å². The van der Waals surface area contributed by atoms with Crippen LogP contribution in [0, 0.1) is 0 Å². The van der Waals surface area contributed by atoms with E-state index in [-0.39, 0.29) is 57.4 Å². The van der Waals surface area contributed by atoms with Gasteiger partial charge in [0.2, 0.25) is 0 Å². The van der Waals surface area contributed by atoms with Crippen molar-refractivity contribution < 1.29 is 36.6 Å². The number of benzene rings is 4. The highest BCUT2D eigenvalue weighted by Crippen LogP contribution is 2.57. The van der Waals surface area contributed by atoms with Crippen molar-refractivity contribution in [2.75, 3.05) is 38.1 Å². The number of ether oxygens (including phenoxy) is 1. The molecule has 316 valence electrons. The number of hydrogen-bond donors (Lipinski definition) is 2. The Balaban J connectivity index is 1.14. The van der Waals surface area contributed by atoms with E-state index in [1.54, 1.807) is 35.2 Å². The Bertz CT molecular complexity index is 2400. The predicted molar refractivity (Wildman–Crippen MR) is 223 cm³/mol. The Labute approximate surface area is 354 Å². The second-order valence-corrected chi connectivity index (χ2v) is 17.7. The zero-order valence-electron chi connectivity index (χ0n) is 32.6. The molecule has 0 radical (unpaired) electrons. The lowest BCUT2D eigenvalue weighted by molar-refractivity contribution is -0.174. The SMILES string of the molecule is O=C(Nc1ncnc2c1ncn2[C@H]1CN(C(c2ccccc2)(c2ccccc2)c2ccccc2)C[C@@H](COP(=O)(Cl)N2CCC(NC(=O)C(F)(F)F)CC2)O1)c1ccccc1. The third-order valence-electron chi connectivity index (χ3n) is 11.0. The van der Waals surface area contributed by atoms with E-state index in [0.29, 0.717) is 16.7 Å². The fourth-order valence-electron chi connectivity index (χ4n) is 8.12. The monoisotopic (exact) mass is 872 g/mol. The number of morpholine rings is 1. The number of rotatable bonds is 12. The average Bonchev–Trinajstić information content (AvgIpc) is 3.73. The van der Waals surface area contributed by atoms with Crippen LogP contribution in [0.25, 0.3) is 11.2 Å². The molecule has 61 heavy (non-hydrogen) atoms. The van der Waals surface area contributed by atoms with Crippen molar-refractivity contribution >= 4 is 46.9 Å². The fraction of sp³-hybridized carbons (Fsp3) is 0.279. The maximum absolute atomic E-state index is 14.0. The van der Waals surface area contributed by atoms with Gasteiger partial charge in [0, 0.05) is 37.8 Å².